The summed E-state index contributed by atoms with van der Waals surface area (Å²) >= 11 is 1.49. The second-order valence-electron chi connectivity index (χ2n) is 5.78. The first kappa shape index (κ1) is 19.1. The number of thiazole rings is 1. The number of benzene rings is 1. The summed E-state index contributed by atoms with van der Waals surface area (Å²) in [5.74, 6) is -1.37. The van der Waals surface area contributed by atoms with E-state index in [0.717, 1.165) is 16.8 Å². The van der Waals surface area contributed by atoms with Crippen LogP contribution in [-0.2, 0) is 27.2 Å². The molecule has 1 amide bonds. The highest BCUT2D eigenvalue weighted by Crippen LogP contribution is 2.16. The number of aryl methyl sites for hydroxylation is 2. The molecule has 1 atom stereocenters. The van der Waals surface area contributed by atoms with Crippen molar-refractivity contribution in [3.8, 4) is 0 Å². The van der Waals surface area contributed by atoms with Gasteiger partial charge in [-0.05, 0) is 43.0 Å². The van der Waals surface area contributed by atoms with E-state index in [4.69, 9.17) is 4.74 Å². The van der Waals surface area contributed by atoms with Crippen molar-refractivity contribution in [2.45, 2.75) is 26.2 Å². The Bertz CT molecular complexity index is 719. The minimum absolute atomic E-state index is 0.141. The summed E-state index contributed by atoms with van der Waals surface area (Å²) in [4.78, 5) is 28.1. The molecule has 0 aliphatic rings. The van der Waals surface area contributed by atoms with Gasteiger partial charge in [0.15, 0.2) is 0 Å². The number of hydrogen-bond donors (Lipinski definition) is 1. The van der Waals surface area contributed by atoms with Gasteiger partial charge in [-0.1, -0.05) is 6.07 Å². The molecular formula is C18H21FN2O3S. The van der Waals surface area contributed by atoms with Gasteiger partial charge in [-0.2, -0.15) is 0 Å². The van der Waals surface area contributed by atoms with Crippen molar-refractivity contribution >= 4 is 23.2 Å². The number of esters is 1. The molecule has 0 bridgehead atoms. The molecule has 0 spiro atoms. The van der Waals surface area contributed by atoms with Gasteiger partial charge in [0.05, 0.1) is 24.2 Å². The lowest BCUT2D eigenvalue weighted by molar-refractivity contribution is -0.145. The molecule has 7 heteroatoms. The third-order valence-electron chi connectivity index (χ3n) is 3.94. The minimum atomic E-state index is -0.516. The minimum Gasteiger partial charge on any atom is -0.469 e. The molecule has 1 N–H and O–H groups in total. The van der Waals surface area contributed by atoms with Crippen molar-refractivity contribution in [2.75, 3.05) is 13.7 Å². The number of carbonyl (C=O) groups excluding carboxylic acids is 2. The molecule has 25 heavy (non-hydrogen) atoms. The predicted molar refractivity (Wildman–Crippen MR) is 93.8 cm³/mol. The molecule has 1 heterocycles. The highest BCUT2D eigenvalue weighted by Gasteiger charge is 2.21. The number of rotatable bonds is 8. The first-order valence-corrected chi connectivity index (χ1v) is 8.90. The number of nitrogens with zero attached hydrogens (tertiary/aromatic N) is 1. The normalized spacial score (nSPS) is 11.8. The predicted octanol–water partition coefficient (Wildman–Crippen LogP) is 2.67. The molecule has 0 saturated heterocycles. The van der Waals surface area contributed by atoms with E-state index in [-0.39, 0.29) is 18.3 Å². The number of hydrogen-bond acceptors (Lipinski definition) is 5. The van der Waals surface area contributed by atoms with Crippen LogP contribution in [0.3, 0.4) is 0 Å². The summed E-state index contributed by atoms with van der Waals surface area (Å²) in [6, 6.07) is 4.45. The molecule has 1 aromatic carbocycles. The Morgan fingerprint density at radius 2 is 2.20 bits per heavy atom. The van der Waals surface area contributed by atoms with Gasteiger partial charge in [0, 0.05) is 18.3 Å². The zero-order valence-corrected chi connectivity index (χ0v) is 15.1. The van der Waals surface area contributed by atoms with E-state index in [1.165, 1.54) is 30.6 Å². The topological polar surface area (TPSA) is 68.3 Å². The Kier molecular flexibility index (Phi) is 7.06. The van der Waals surface area contributed by atoms with Crippen LogP contribution < -0.4 is 5.32 Å². The van der Waals surface area contributed by atoms with Crippen LogP contribution in [0.5, 0.6) is 0 Å². The molecule has 2 aromatic rings. The summed E-state index contributed by atoms with van der Waals surface area (Å²) in [6.07, 6.45) is 1.26. The van der Waals surface area contributed by atoms with Crippen molar-refractivity contribution in [1.82, 2.24) is 10.3 Å². The van der Waals surface area contributed by atoms with Crippen LogP contribution in [-0.4, -0.2) is 30.5 Å². The fourth-order valence-corrected chi connectivity index (χ4v) is 3.08. The van der Waals surface area contributed by atoms with Crippen LogP contribution >= 0.6 is 11.3 Å². The summed E-state index contributed by atoms with van der Waals surface area (Å²) in [7, 11) is 1.32. The van der Waals surface area contributed by atoms with Crippen LogP contribution in [0.15, 0.2) is 29.1 Å². The average molecular weight is 364 g/mol. The number of halogens is 1. The van der Waals surface area contributed by atoms with Gasteiger partial charge in [-0.25, -0.2) is 9.37 Å². The number of aromatic nitrogens is 1. The Morgan fingerprint density at radius 3 is 2.84 bits per heavy atom. The number of nitrogens with one attached hydrogen (secondary N) is 1. The van der Waals surface area contributed by atoms with E-state index in [1.807, 2.05) is 5.38 Å². The zero-order valence-electron chi connectivity index (χ0n) is 14.3. The first-order valence-electron chi connectivity index (χ1n) is 7.96. The van der Waals surface area contributed by atoms with E-state index in [1.54, 1.807) is 18.5 Å². The Hall–Kier alpha value is -2.28. The van der Waals surface area contributed by atoms with Gasteiger partial charge < -0.3 is 10.1 Å². The first-order chi connectivity index (χ1) is 12.0. The van der Waals surface area contributed by atoms with Crippen LogP contribution in [0.2, 0.25) is 0 Å². The second kappa shape index (κ2) is 9.27. The lowest BCUT2D eigenvalue weighted by atomic mass is 9.96. The van der Waals surface area contributed by atoms with Gasteiger partial charge in [0.25, 0.3) is 0 Å². The molecule has 5 nitrogen and oxygen atoms in total. The van der Waals surface area contributed by atoms with E-state index in [0.29, 0.717) is 19.3 Å². The smallest absolute Gasteiger partial charge is 0.310 e. The lowest BCUT2D eigenvalue weighted by Crippen LogP contribution is -2.35. The molecule has 0 radical (unpaired) electrons. The number of ether oxygens (including phenoxy) is 1. The van der Waals surface area contributed by atoms with Gasteiger partial charge in [0.1, 0.15) is 5.82 Å². The summed E-state index contributed by atoms with van der Waals surface area (Å²) in [5.41, 5.74) is 4.23. The third-order valence-corrected chi connectivity index (χ3v) is 4.58. The second-order valence-corrected chi connectivity index (χ2v) is 6.50. The third kappa shape index (κ3) is 5.94. The van der Waals surface area contributed by atoms with E-state index < -0.39 is 11.9 Å². The molecule has 134 valence electrons. The highest BCUT2D eigenvalue weighted by atomic mass is 32.1. The lowest BCUT2D eigenvalue weighted by Gasteiger charge is -2.17. The van der Waals surface area contributed by atoms with Crippen LogP contribution in [0.4, 0.5) is 4.39 Å². The Balaban J connectivity index is 1.91. The molecule has 2 rings (SSSR count). The van der Waals surface area contributed by atoms with E-state index in [2.05, 4.69) is 10.3 Å². The monoisotopic (exact) mass is 364 g/mol. The SMILES string of the molecule is COC(=O)C(CNC(=O)CCc1cscn1)Cc1ccc(F)cc1C. The Labute approximate surface area is 150 Å². The largest absolute Gasteiger partial charge is 0.469 e. The molecule has 0 aliphatic heterocycles. The van der Waals surface area contributed by atoms with Gasteiger partial charge >= 0.3 is 5.97 Å². The van der Waals surface area contributed by atoms with Gasteiger partial charge in [-0.15, -0.1) is 11.3 Å². The van der Waals surface area contributed by atoms with Crippen molar-refractivity contribution in [3.05, 3.63) is 51.7 Å². The average Bonchev–Trinajstić information content (AvgIpc) is 3.11. The molecular weight excluding hydrogens is 343 g/mol. The fourth-order valence-electron chi connectivity index (χ4n) is 2.49. The van der Waals surface area contributed by atoms with E-state index in [9.17, 15) is 14.0 Å². The summed E-state index contributed by atoms with van der Waals surface area (Å²) in [5, 5.41) is 4.68. The fraction of sp³-hybridized carbons (Fsp3) is 0.389. The van der Waals surface area contributed by atoms with Crippen molar-refractivity contribution in [3.63, 3.8) is 0 Å². The number of carbonyl (C=O) groups is 2. The zero-order chi connectivity index (χ0) is 18.2. The Morgan fingerprint density at radius 1 is 1.40 bits per heavy atom. The van der Waals surface area contributed by atoms with E-state index >= 15 is 0 Å². The quantitative estimate of drug-likeness (QED) is 0.731. The van der Waals surface area contributed by atoms with Crippen molar-refractivity contribution < 1.29 is 18.7 Å². The molecule has 1 unspecified atom stereocenters. The van der Waals surface area contributed by atoms with Crippen LogP contribution in [0, 0.1) is 18.7 Å². The standard InChI is InChI=1S/C18H21FN2O3S/c1-12-7-15(19)4-3-13(12)8-14(18(23)24-2)9-20-17(22)6-5-16-10-25-11-21-16/h3-4,7,10-11,14H,5-6,8-9H2,1-2H3,(H,20,22). The summed E-state index contributed by atoms with van der Waals surface area (Å²) < 4.78 is 18.0. The molecule has 0 aliphatic carbocycles. The number of methoxy groups -OCH3 is 1. The van der Waals surface area contributed by atoms with Crippen LogP contribution in [0.1, 0.15) is 23.2 Å². The maximum absolute atomic E-state index is 13.2. The maximum atomic E-state index is 13.2. The maximum Gasteiger partial charge on any atom is 0.310 e. The van der Waals surface area contributed by atoms with Gasteiger partial charge in [0.2, 0.25) is 5.91 Å². The van der Waals surface area contributed by atoms with Crippen LogP contribution in [0.25, 0.3) is 0 Å². The molecule has 0 saturated carbocycles. The van der Waals surface area contributed by atoms with Crippen molar-refractivity contribution in [1.29, 1.82) is 0 Å². The highest BCUT2D eigenvalue weighted by molar-refractivity contribution is 7.07. The summed E-state index contributed by atoms with van der Waals surface area (Å²) in [6.45, 7) is 1.97. The van der Waals surface area contributed by atoms with Crippen molar-refractivity contribution in [2.24, 2.45) is 5.92 Å². The molecule has 0 fully saturated rings. The molecule has 1 aromatic heterocycles. The van der Waals surface area contributed by atoms with Gasteiger partial charge in [-0.3, -0.25) is 9.59 Å². The number of amides is 1.